The minimum absolute atomic E-state index is 0.123. The number of hydrogen-bond acceptors (Lipinski definition) is 5. The minimum atomic E-state index is -0.373. The lowest BCUT2D eigenvalue weighted by atomic mass is 10.2. The molecule has 0 aliphatic heterocycles. The van der Waals surface area contributed by atoms with Gasteiger partial charge >= 0.3 is 6.03 Å². The molecule has 3 rings (SSSR count). The van der Waals surface area contributed by atoms with Crippen molar-refractivity contribution in [1.82, 2.24) is 20.4 Å². The SMILES string of the molecule is O=C(NCc1nc(-c2ccc(Cl)cc2)no1)Nc1ccncc1. The Kier molecular flexibility index (Phi) is 4.49. The molecule has 0 unspecified atom stereocenters. The fourth-order valence-corrected chi connectivity index (χ4v) is 1.94. The highest BCUT2D eigenvalue weighted by atomic mass is 35.5. The van der Waals surface area contributed by atoms with Crippen LogP contribution in [-0.2, 0) is 6.54 Å². The van der Waals surface area contributed by atoms with Gasteiger partial charge in [-0.1, -0.05) is 16.8 Å². The van der Waals surface area contributed by atoms with Crippen LogP contribution in [0, 0.1) is 0 Å². The first-order valence-corrected chi connectivity index (χ1v) is 7.12. The number of hydrogen-bond donors (Lipinski definition) is 2. The van der Waals surface area contributed by atoms with Crippen molar-refractivity contribution in [2.75, 3.05) is 5.32 Å². The summed E-state index contributed by atoms with van der Waals surface area (Å²) in [4.78, 5) is 19.8. The number of nitrogens with one attached hydrogen (secondary N) is 2. The van der Waals surface area contributed by atoms with Gasteiger partial charge in [-0.2, -0.15) is 4.98 Å². The van der Waals surface area contributed by atoms with Gasteiger partial charge in [0.05, 0.1) is 6.54 Å². The molecule has 2 amide bonds. The molecule has 0 aliphatic carbocycles. The van der Waals surface area contributed by atoms with Crippen LogP contribution in [0.1, 0.15) is 5.89 Å². The highest BCUT2D eigenvalue weighted by Crippen LogP contribution is 2.18. The molecule has 2 N–H and O–H groups in total. The normalized spacial score (nSPS) is 10.3. The lowest BCUT2D eigenvalue weighted by Gasteiger charge is -2.04. The number of halogens is 1. The van der Waals surface area contributed by atoms with E-state index in [2.05, 4.69) is 25.8 Å². The quantitative estimate of drug-likeness (QED) is 0.767. The third-order valence-corrected chi connectivity index (χ3v) is 3.16. The molecule has 2 aromatic heterocycles. The second-order valence-corrected chi connectivity index (χ2v) is 5.00. The van der Waals surface area contributed by atoms with E-state index in [0.29, 0.717) is 22.4 Å². The molecular weight excluding hydrogens is 318 g/mol. The van der Waals surface area contributed by atoms with Crippen LogP contribution >= 0.6 is 11.6 Å². The molecule has 8 heteroatoms. The molecule has 0 saturated carbocycles. The van der Waals surface area contributed by atoms with Crippen LogP contribution < -0.4 is 10.6 Å². The Morgan fingerprint density at radius 1 is 1.13 bits per heavy atom. The molecule has 3 aromatic rings. The van der Waals surface area contributed by atoms with Crippen molar-refractivity contribution in [2.45, 2.75) is 6.54 Å². The second-order valence-electron chi connectivity index (χ2n) is 4.56. The number of rotatable bonds is 4. The number of anilines is 1. The van der Waals surface area contributed by atoms with Crippen molar-refractivity contribution < 1.29 is 9.32 Å². The van der Waals surface area contributed by atoms with Crippen molar-refractivity contribution in [1.29, 1.82) is 0 Å². The molecule has 0 spiro atoms. The Hall–Kier alpha value is -2.93. The third-order valence-electron chi connectivity index (χ3n) is 2.91. The molecule has 0 aliphatic rings. The Morgan fingerprint density at radius 2 is 1.87 bits per heavy atom. The van der Waals surface area contributed by atoms with Gasteiger partial charge in [0.25, 0.3) is 0 Å². The molecule has 0 radical (unpaired) electrons. The topological polar surface area (TPSA) is 92.9 Å². The first-order chi connectivity index (χ1) is 11.2. The summed E-state index contributed by atoms with van der Waals surface area (Å²) >= 11 is 5.83. The first-order valence-electron chi connectivity index (χ1n) is 6.74. The molecule has 0 fully saturated rings. The zero-order valence-corrected chi connectivity index (χ0v) is 12.6. The Bertz CT molecular complexity index is 789. The molecule has 23 heavy (non-hydrogen) atoms. The number of pyridine rings is 1. The average Bonchev–Trinajstić information content (AvgIpc) is 3.04. The van der Waals surface area contributed by atoms with Gasteiger partial charge < -0.3 is 15.2 Å². The maximum absolute atomic E-state index is 11.8. The standard InChI is InChI=1S/C15H12ClN5O2/c16-11-3-1-10(2-4-11)14-20-13(23-21-14)9-18-15(22)19-12-5-7-17-8-6-12/h1-8H,9H2,(H2,17,18,19,22). The summed E-state index contributed by atoms with van der Waals surface area (Å²) < 4.78 is 5.10. The van der Waals surface area contributed by atoms with Crippen molar-refractivity contribution in [3.05, 3.63) is 59.7 Å². The molecule has 116 valence electrons. The van der Waals surface area contributed by atoms with Gasteiger partial charge in [0.1, 0.15) is 0 Å². The van der Waals surface area contributed by atoms with Crippen molar-refractivity contribution in [3.63, 3.8) is 0 Å². The highest BCUT2D eigenvalue weighted by molar-refractivity contribution is 6.30. The predicted molar refractivity (Wildman–Crippen MR) is 84.8 cm³/mol. The van der Waals surface area contributed by atoms with E-state index in [0.717, 1.165) is 5.56 Å². The van der Waals surface area contributed by atoms with Crippen LogP contribution in [-0.4, -0.2) is 21.2 Å². The van der Waals surface area contributed by atoms with Crippen LogP contribution in [0.15, 0.2) is 53.3 Å². The van der Waals surface area contributed by atoms with Gasteiger partial charge in [-0.25, -0.2) is 4.79 Å². The molecule has 2 heterocycles. The first kappa shape index (κ1) is 15.0. The van der Waals surface area contributed by atoms with Crippen LogP contribution in [0.2, 0.25) is 5.02 Å². The Balaban J connectivity index is 1.57. The maximum Gasteiger partial charge on any atom is 0.319 e. The molecule has 7 nitrogen and oxygen atoms in total. The summed E-state index contributed by atoms with van der Waals surface area (Å²) in [6.45, 7) is 0.123. The van der Waals surface area contributed by atoms with Crippen molar-refractivity contribution in [3.8, 4) is 11.4 Å². The van der Waals surface area contributed by atoms with E-state index in [-0.39, 0.29) is 12.6 Å². The van der Waals surface area contributed by atoms with E-state index >= 15 is 0 Å². The Morgan fingerprint density at radius 3 is 2.61 bits per heavy atom. The van der Waals surface area contributed by atoms with Gasteiger partial charge in [0.15, 0.2) is 0 Å². The monoisotopic (exact) mass is 329 g/mol. The fourth-order valence-electron chi connectivity index (χ4n) is 1.81. The lowest BCUT2D eigenvalue weighted by Crippen LogP contribution is -2.28. The van der Waals surface area contributed by atoms with E-state index in [9.17, 15) is 4.79 Å². The number of carbonyl (C=O) groups is 1. The smallest absolute Gasteiger partial charge is 0.319 e. The van der Waals surface area contributed by atoms with E-state index in [1.807, 2.05) is 0 Å². The summed E-state index contributed by atoms with van der Waals surface area (Å²) in [5, 5.41) is 9.80. The number of carbonyl (C=O) groups excluding carboxylic acids is 1. The van der Waals surface area contributed by atoms with E-state index in [1.165, 1.54) is 0 Å². The summed E-state index contributed by atoms with van der Waals surface area (Å²) in [5.74, 6) is 0.743. The van der Waals surface area contributed by atoms with Crippen molar-refractivity contribution in [2.24, 2.45) is 0 Å². The van der Waals surface area contributed by atoms with E-state index in [1.54, 1.807) is 48.8 Å². The summed E-state index contributed by atoms with van der Waals surface area (Å²) in [5.41, 5.74) is 1.43. The lowest BCUT2D eigenvalue weighted by molar-refractivity contribution is 0.249. The van der Waals surface area contributed by atoms with Gasteiger partial charge in [-0.15, -0.1) is 0 Å². The zero-order chi connectivity index (χ0) is 16.1. The van der Waals surface area contributed by atoms with Gasteiger partial charge in [0.2, 0.25) is 11.7 Å². The number of amides is 2. The van der Waals surface area contributed by atoms with E-state index in [4.69, 9.17) is 16.1 Å². The van der Waals surface area contributed by atoms with E-state index < -0.39 is 0 Å². The third kappa shape index (κ3) is 4.04. The van der Waals surface area contributed by atoms with Gasteiger partial charge in [-0.05, 0) is 36.4 Å². The largest absolute Gasteiger partial charge is 0.337 e. The Labute approximate surface area is 136 Å². The molecule has 0 atom stereocenters. The summed E-state index contributed by atoms with van der Waals surface area (Å²) in [6.07, 6.45) is 3.18. The highest BCUT2D eigenvalue weighted by Gasteiger charge is 2.10. The van der Waals surface area contributed by atoms with Gasteiger partial charge in [0, 0.05) is 28.7 Å². The molecule has 1 aromatic carbocycles. The summed E-state index contributed by atoms with van der Waals surface area (Å²) in [6, 6.07) is 10.1. The fraction of sp³-hybridized carbons (Fsp3) is 0.0667. The van der Waals surface area contributed by atoms with Crippen LogP contribution in [0.25, 0.3) is 11.4 Å². The molecular formula is C15H12ClN5O2. The summed E-state index contributed by atoms with van der Waals surface area (Å²) in [7, 11) is 0. The maximum atomic E-state index is 11.8. The number of nitrogens with zero attached hydrogens (tertiary/aromatic N) is 3. The average molecular weight is 330 g/mol. The molecule has 0 saturated heterocycles. The number of benzene rings is 1. The van der Waals surface area contributed by atoms with Gasteiger partial charge in [-0.3, -0.25) is 4.98 Å². The van der Waals surface area contributed by atoms with Crippen LogP contribution in [0.4, 0.5) is 10.5 Å². The van der Waals surface area contributed by atoms with Crippen LogP contribution in [0.5, 0.6) is 0 Å². The second kappa shape index (κ2) is 6.89. The number of urea groups is 1. The zero-order valence-electron chi connectivity index (χ0n) is 11.9. The predicted octanol–water partition coefficient (Wildman–Crippen LogP) is 3.11. The number of aromatic nitrogens is 3. The molecule has 0 bridgehead atoms. The van der Waals surface area contributed by atoms with Crippen molar-refractivity contribution >= 4 is 23.3 Å². The minimum Gasteiger partial charge on any atom is -0.337 e. The van der Waals surface area contributed by atoms with Crippen LogP contribution in [0.3, 0.4) is 0 Å².